The molecule has 3 rings (SSSR count). The van der Waals surface area contributed by atoms with Crippen molar-refractivity contribution in [2.45, 2.75) is 58.7 Å². The highest BCUT2D eigenvalue weighted by molar-refractivity contribution is 5.81. The molecule has 0 bridgehead atoms. The van der Waals surface area contributed by atoms with Crippen molar-refractivity contribution < 1.29 is 4.79 Å². The molecule has 1 aromatic heterocycles. The number of nitrogens with one attached hydrogen (secondary N) is 2. The van der Waals surface area contributed by atoms with Gasteiger partial charge in [-0.25, -0.2) is 4.98 Å². The van der Waals surface area contributed by atoms with E-state index >= 15 is 0 Å². The Morgan fingerprint density at radius 2 is 2.07 bits per heavy atom. The highest BCUT2D eigenvalue weighted by atomic mass is 16.2. The largest absolute Gasteiger partial charge is 0.352 e. The standard InChI is InChI=1S/C21H30N4O2/c1-13-8-7-11-17(14(13)2)23-20(26)15(3)25(4)12-19-22-18-10-6-5-9-16(18)21(27)24-19/h5-6,9-10,13-15,17H,7-8,11-12H2,1-4H3,(H,23,26)(H,22,24,27). The third-order valence-electron chi connectivity index (χ3n) is 6.14. The van der Waals surface area contributed by atoms with Crippen LogP contribution in [0.25, 0.3) is 10.9 Å². The highest BCUT2D eigenvalue weighted by Crippen LogP contribution is 2.29. The first-order chi connectivity index (χ1) is 12.9. The summed E-state index contributed by atoms with van der Waals surface area (Å²) in [4.78, 5) is 34.2. The quantitative estimate of drug-likeness (QED) is 0.848. The number of carbonyl (C=O) groups is 1. The summed E-state index contributed by atoms with van der Waals surface area (Å²) in [5.41, 5.74) is 0.526. The molecule has 6 heteroatoms. The minimum Gasteiger partial charge on any atom is -0.352 e. The fraction of sp³-hybridized carbons (Fsp3) is 0.571. The third-order valence-corrected chi connectivity index (χ3v) is 6.14. The second kappa shape index (κ2) is 8.21. The Bertz CT molecular complexity index is 863. The number of aromatic amines is 1. The van der Waals surface area contributed by atoms with E-state index in [1.165, 1.54) is 12.8 Å². The fourth-order valence-corrected chi connectivity index (χ4v) is 3.87. The number of amides is 1. The molecule has 2 aromatic rings. The van der Waals surface area contributed by atoms with E-state index in [1.807, 2.05) is 37.1 Å². The van der Waals surface area contributed by atoms with Gasteiger partial charge in [-0.1, -0.05) is 38.8 Å². The summed E-state index contributed by atoms with van der Waals surface area (Å²) in [6.07, 6.45) is 3.46. The summed E-state index contributed by atoms with van der Waals surface area (Å²) in [7, 11) is 1.88. The lowest BCUT2D eigenvalue weighted by atomic mass is 9.78. The molecule has 1 aliphatic rings. The normalized spacial score (nSPS) is 24.1. The number of para-hydroxylation sites is 1. The van der Waals surface area contributed by atoms with Crippen molar-refractivity contribution in [3.8, 4) is 0 Å². The molecule has 1 amide bonds. The van der Waals surface area contributed by atoms with Crippen molar-refractivity contribution >= 4 is 16.8 Å². The Kier molecular flexibility index (Phi) is 5.95. The van der Waals surface area contributed by atoms with E-state index in [0.717, 1.165) is 6.42 Å². The summed E-state index contributed by atoms with van der Waals surface area (Å²) in [6, 6.07) is 7.23. The maximum Gasteiger partial charge on any atom is 0.258 e. The predicted octanol–water partition coefficient (Wildman–Crippen LogP) is 2.68. The van der Waals surface area contributed by atoms with Crippen LogP contribution in [-0.4, -0.2) is 39.9 Å². The van der Waals surface area contributed by atoms with Crippen LogP contribution in [0, 0.1) is 11.8 Å². The SMILES string of the molecule is CC1CCCC(NC(=O)C(C)N(C)Cc2nc3ccccc3c(=O)[nH]2)C1C. The van der Waals surface area contributed by atoms with Crippen LogP contribution in [0.3, 0.4) is 0 Å². The van der Waals surface area contributed by atoms with E-state index < -0.39 is 0 Å². The van der Waals surface area contributed by atoms with Gasteiger partial charge in [-0.2, -0.15) is 0 Å². The van der Waals surface area contributed by atoms with Crippen LogP contribution in [-0.2, 0) is 11.3 Å². The lowest BCUT2D eigenvalue weighted by Crippen LogP contribution is -2.50. The number of aromatic nitrogens is 2. The Balaban J connectivity index is 1.65. The van der Waals surface area contributed by atoms with Gasteiger partial charge in [-0.15, -0.1) is 0 Å². The Labute approximate surface area is 160 Å². The zero-order chi connectivity index (χ0) is 19.6. The highest BCUT2D eigenvalue weighted by Gasteiger charge is 2.30. The van der Waals surface area contributed by atoms with Crippen molar-refractivity contribution in [3.05, 3.63) is 40.4 Å². The van der Waals surface area contributed by atoms with Crippen LogP contribution in [0.2, 0.25) is 0 Å². The fourth-order valence-electron chi connectivity index (χ4n) is 3.87. The van der Waals surface area contributed by atoms with Gasteiger partial charge < -0.3 is 10.3 Å². The van der Waals surface area contributed by atoms with Gasteiger partial charge in [-0.3, -0.25) is 14.5 Å². The van der Waals surface area contributed by atoms with Gasteiger partial charge in [0.05, 0.1) is 23.5 Å². The van der Waals surface area contributed by atoms with E-state index in [4.69, 9.17) is 0 Å². The molecule has 0 radical (unpaired) electrons. The molecule has 2 N–H and O–H groups in total. The van der Waals surface area contributed by atoms with E-state index in [9.17, 15) is 9.59 Å². The summed E-state index contributed by atoms with van der Waals surface area (Å²) in [5.74, 6) is 1.75. The molecule has 0 aliphatic heterocycles. The number of hydrogen-bond acceptors (Lipinski definition) is 4. The van der Waals surface area contributed by atoms with Gasteiger partial charge in [0.25, 0.3) is 5.56 Å². The average molecular weight is 370 g/mol. The number of H-pyrrole nitrogens is 1. The molecular formula is C21H30N4O2. The van der Waals surface area contributed by atoms with Crippen LogP contribution >= 0.6 is 0 Å². The third kappa shape index (κ3) is 4.38. The number of fused-ring (bicyclic) bond motifs is 1. The lowest BCUT2D eigenvalue weighted by molar-refractivity contribution is -0.127. The number of benzene rings is 1. The summed E-state index contributed by atoms with van der Waals surface area (Å²) in [6.45, 7) is 6.80. The Hall–Kier alpha value is -2.21. The van der Waals surface area contributed by atoms with Gasteiger partial charge in [0.15, 0.2) is 0 Å². The van der Waals surface area contributed by atoms with Crippen molar-refractivity contribution in [3.63, 3.8) is 0 Å². The molecule has 1 aromatic carbocycles. The lowest BCUT2D eigenvalue weighted by Gasteiger charge is -2.36. The molecule has 4 unspecified atom stereocenters. The van der Waals surface area contributed by atoms with E-state index in [1.54, 1.807) is 6.07 Å². The van der Waals surface area contributed by atoms with Gasteiger partial charge >= 0.3 is 0 Å². The number of hydrogen-bond donors (Lipinski definition) is 2. The summed E-state index contributed by atoms with van der Waals surface area (Å²) < 4.78 is 0. The maximum absolute atomic E-state index is 12.7. The molecule has 146 valence electrons. The number of rotatable bonds is 5. The molecular weight excluding hydrogens is 340 g/mol. The molecule has 0 saturated heterocycles. The molecule has 27 heavy (non-hydrogen) atoms. The van der Waals surface area contributed by atoms with Crippen LogP contribution in [0.1, 0.15) is 45.9 Å². The number of carbonyl (C=O) groups excluding carboxylic acids is 1. The second-order valence-electron chi connectivity index (χ2n) is 8.00. The first-order valence-electron chi connectivity index (χ1n) is 9.85. The number of likely N-dealkylation sites (N-methyl/N-ethyl adjacent to an activating group) is 1. The summed E-state index contributed by atoms with van der Waals surface area (Å²) >= 11 is 0. The van der Waals surface area contributed by atoms with Crippen LogP contribution < -0.4 is 10.9 Å². The van der Waals surface area contributed by atoms with Crippen molar-refractivity contribution in [1.29, 1.82) is 0 Å². The van der Waals surface area contributed by atoms with Gasteiger partial charge in [-0.05, 0) is 44.4 Å². The van der Waals surface area contributed by atoms with Gasteiger partial charge in [0.1, 0.15) is 5.82 Å². The van der Waals surface area contributed by atoms with Crippen LogP contribution in [0.4, 0.5) is 0 Å². The molecule has 1 aliphatic carbocycles. The van der Waals surface area contributed by atoms with E-state index in [-0.39, 0.29) is 23.6 Å². The topological polar surface area (TPSA) is 78.1 Å². The minimum atomic E-state index is -0.300. The Morgan fingerprint density at radius 1 is 1.33 bits per heavy atom. The summed E-state index contributed by atoms with van der Waals surface area (Å²) in [5, 5.41) is 3.81. The van der Waals surface area contributed by atoms with Gasteiger partial charge in [0, 0.05) is 6.04 Å². The first kappa shape index (κ1) is 19.5. The van der Waals surface area contributed by atoms with Crippen LogP contribution in [0.15, 0.2) is 29.1 Å². The smallest absolute Gasteiger partial charge is 0.258 e. The molecule has 1 heterocycles. The van der Waals surface area contributed by atoms with E-state index in [2.05, 4.69) is 29.1 Å². The Morgan fingerprint density at radius 3 is 2.85 bits per heavy atom. The van der Waals surface area contributed by atoms with Crippen LogP contribution in [0.5, 0.6) is 0 Å². The van der Waals surface area contributed by atoms with E-state index in [0.29, 0.717) is 35.1 Å². The maximum atomic E-state index is 12.7. The molecule has 6 nitrogen and oxygen atoms in total. The zero-order valence-electron chi connectivity index (χ0n) is 16.7. The second-order valence-corrected chi connectivity index (χ2v) is 8.00. The average Bonchev–Trinajstić information content (AvgIpc) is 2.64. The first-order valence-corrected chi connectivity index (χ1v) is 9.85. The predicted molar refractivity (Wildman–Crippen MR) is 107 cm³/mol. The molecule has 0 spiro atoms. The van der Waals surface area contributed by atoms with Gasteiger partial charge in [0.2, 0.25) is 5.91 Å². The zero-order valence-corrected chi connectivity index (χ0v) is 16.7. The van der Waals surface area contributed by atoms with Crippen molar-refractivity contribution in [1.82, 2.24) is 20.2 Å². The van der Waals surface area contributed by atoms with Crippen molar-refractivity contribution in [2.75, 3.05) is 7.05 Å². The molecule has 4 atom stereocenters. The minimum absolute atomic E-state index is 0.0339. The molecule has 1 fully saturated rings. The monoisotopic (exact) mass is 370 g/mol. The van der Waals surface area contributed by atoms with Crippen molar-refractivity contribution in [2.24, 2.45) is 11.8 Å². The number of nitrogens with zero attached hydrogens (tertiary/aromatic N) is 2. The molecule has 1 saturated carbocycles.